The molecule has 1 amide bonds. The number of hydrogen-bond acceptors (Lipinski definition) is 3. The number of nitrogens with one attached hydrogen (secondary N) is 3. The first kappa shape index (κ1) is 20.0. The Kier molecular flexibility index (Phi) is 8.15. The summed E-state index contributed by atoms with van der Waals surface area (Å²) in [6, 6.07) is 12.0. The van der Waals surface area contributed by atoms with Crippen molar-refractivity contribution in [2.24, 2.45) is 4.99 Å². The van der Waals surface area contributed by atoms with E-state index in [1.807, 2.05) is 44.2 Å². The third-order valence-electron chi connectivity index (χ3n) is 3.95. The zero-order valence-corrected chi connectivity index (χ0v) is 16.5. The molecule has 2 aromatic rings. The fraction of sp³-hybridized carbons (Fsp3) is 0.400. The van der Waals surface area contributed by atoms with Gasteiger partial charge < -0.3 is 16.0 Å². The van der Waals surface area contributed by atoms with Gasteiger partial charge in [-0.05, 0) is 49.4 Å². The molecule has 0 fully saturated rings. The van der Waals surface area contributed by atoms with Gasteiger partial charge in [0.25, 0.3) is 5.91 Å². The van der Waals surface area contributed by atoms with Crippen LogP contribution in [0.1, 0.15) is 48.0 Å². The average molecular weight is 373 g/mol. The zero-order chi connectivity index (χ0) is 18.8. The molecule has 0 bridgehead atoms. The van der Waals surface area contributed by atoms with Gasteiger partial charge in [0.05, 0.1) is 13.1 Å². The Morgan fingerprint density at radius 1 is 1.19 bits per heavy atom. The largest absolute Gasteiger partial charge is 0.357 e. The van der Waals surface area contributed by atoms with Crippen LogP contribution in [0.15, 0.2) is 46.8 Å². The molecule has 140 valence electrons. The highest BCUT2D eigenvalue weighted by molar-refractivity contribution is 7.09. The minimum Gasteiger partial charge on any atom is -0.357 e. The lowest BCUT2D eigenvalue weighted by Gasteiger charge is -2.12. The van der Waals surface area contributed by atoms with E-state index in [9.17, 15) is 4.79 Å². The van der Waals surface area contributed by atoms with E-state index in [4.69, 9.17) is 0 Å². The van der Waals surface area contributed by atoms with Crippen molar-refractivity contribution in [3.63, 3.8) is 0 Å². The number of aliphatic imine (C=N–C) groups is 1. The Morgan fingerprint density at radius 2 is 2.04 bits per heavy atom. The monoisotopic (exact) mass is 372 g/mol. The number of hydrogen-bond donors (Lipinski definition) is 3. The highest BCUT2D eigenvalue weighted by atomic mass is 32.1. The Bertz CT molecular complexity index is 712. The van der Waals surface area contributed by atoms with Gasteiger partial charge in [-0.25, -0.2) is 4.99 Å². The molecule has 1 aromatic carbocycles. The molecular weight excluding hydrogens is 344 g/mol. The number of guanidine groups is 1. The number of carbonyl (C=O) groups excluding carboxylic acids is 1. The van der Waals surface area contributed by atoms with Gasteiger partial charge in [0.1, 0.15) is 0 Å². The van der Waals surface area contributed by atoms with Crippen molar-refractivity contribution in [3.05, 3.63) is 57.8 Å². The normalized spacial score (nSPS) is 12.5. The Hall–Kier alpha value is -2.34. The molecular formula is C20H28N4OS. The van der Waals surface area contributed by atoms with E-state index in [0.717, 1.165) is 31.0 Å². The maximum atomic E-state index is 12.3. The van der Waals surface area contributed by atoms with E-state index in [0.29, 0.717) is 12.1 Å². The van der Waals surface area contributed by atoms with Crippen molar-refractivity contribution >= 4 is 23.2 Å². The fourth-order valence-electron chi connectivity index (χ4n) is 2.32. The summed E-state index contributed by atoms with van der Waals surface area (Å²) in [6.45, 7) is 8.18. The van der Waals surface area contributed by atoms with Gasteiger partial charge in [-0.2, -0.15) is 0 Å². The van der Waals surface area contributed by atoms with Crippen molar-refractivity contribution < 1.29 is 4.79 Å². The van der Waals surface area contributed by atoms with Crippen LogP contribution >= 0.6 is 11.3 Å². The summed E-state index contributed by atoms with van der Waals surface area (Å²) >= 11 is 1.72. The van der Waals surface area contributed by atoms with Crippen molar-refractivity contribution in [2.75, 3.05) is 6.54 Å². The number of benzene rings is 1. The van der Waals surface area contributed by atoms with Crippen LogP contribution in [0.2, 0.25) is 0 Å². The van der Waals surface area contributed by atoms with Gasteiger partial charge in [0.2, 0.25) is 0 Å². The summed E-state index contributed by atoms with van der Waals surface area (Å²) in [6.07, 6.45) is 0.914. The smallest absolute Gasteiger partial charge is 0.251 e. The second-order valence-corrected chi connectivity index (χ2v) is 7.14. The number of rotatable bonds is 8. The minimum absolute atomic E-state index is 0.0343. The molecule has 5 nitrogen and oxygen atoms in total. The Balaban J connectivity index is 1.99. The predicted octanol–water partition coefficient (Wildman–Crippen LogP) is 3.53. The number of amides is 1. The van der Waals surface area contributed by atoms with Crippen LogP contribution in [-0.2, 0) is 13.1 Å². The van der Waals surface area contributed by atoms with Crippen LogP contribution in [-0.4, -0.2) is 24.5 Å². The quantitative estimate of drug-likeness (QED) is 0.491. The summed E-state index contributed by atoms with van der Waals surface area (Å²) in [4.78, 5) is 18.2. The van der Waals surface area contributed by atoms with E-state index in [2.05, 4.69) is 39.3 Å². The molecule has 1 aromatic heterocycles. The van der Waals surface area contributed by atoms with E-state index in [1.54, 1.807) is 11.3 Å². The summed E-state index contributed by atoms with van der Waals surface area (Å²) in [7, 11) is 0. The molecule has 0 aliphatic carbocycles. The van der Waals surface area contributed by atoms with Crippen LogP contribution in [0.25, 0.3) is 0 Å². The van der Waals surface area contributed by atoms with Crippen LogP contribution < -0.4 is 16.0 Å². The van der Waals surface area contributed by atoms with E-state index in [-0.39, 0.29) is 11.9 Å². The van der Waals surface area contributed by atoms with E-state index in [1.165, 1.54) is 4.88 Å². The van der Waals surface area contributed by atoms with Crippen LogP contribution in [0, 0.1) is 0 Å². The molecule has 26 heavy (non-hydrogen) atoms. The van der Waals surface area contributed by atoms with Crippen molar-refractivity contribution in [3.8, 4) is 0 Å². The average Bonchev–Trinajstić information content (AvgIpc) is 3.17. The Labute approximate surface area is 159 Å². The van der Waals surface area contributed by atoms with E-state index < -0.39 is 0 Å². The predicted molar refractivity (Wildman–Crippen MR) is 110 cm³/mol. The molecule has 0 radical (unpaired) electrons. The van der Waals surface area contributed by atoms with Crippen LogP contribution in [0.5, 0.6) is 0 Å². The lowest BCUT2D eigenvalue weighted by atomic mass is 10.1. The van der Waals surface area contributed by atoms with Crippen LogP contribution in [0.4, 0.5) is 0 Å². The Morgan fingerprint density at radius 3 is 2.73 bits per heavy atom. The summed E-state index contributed by atoms with van der Waals surface area (Å²) in [5.41, 5.74) is 1.68. The summed E-state index contributed by atoms with van der Waals surface area (Å²) in [5.74, 6) is 0.739. The number of thiophene rings is 1. The lowest BCUT2D eigenvalue weighted by molar-refractivity contribution is 0.0939. The van der Waals surface area contributed by atoms with Crippen LogP contribution in [0.3, 0.4) is 0 Å². The van der Waals surface area contributed by atoms with Gasteiger partial charge in [0.15, 0.2) is 5.96 Å². The SMILES string of the molecule is CCNC(=NCc1cccc(C(=O)NC(C)CC)c1)NCc1cccs1. The summed E-state index contributed by atoms with van der Waals surface area (Å²) < 4.78 is 0. The van der Waals surface area contributed by atoms with Gasteiger partial charge >= 0.3 is 0 Å². The standard InChI is InChI=1S/C20H28N4OS/c1-4-15(3)24-19(25)17-9-6-8-16(12-17)13-22-20(21-5-2)23-14-18-10-7-11-26-18/h6-12,15H,4-5,13-14H2,1-3H3,(H,24,25)(H2,21,22,23). The van der Waals surface area contributed by atoms with E-state index >= 15 is 0 Å². The van der Waals surface area contributed by atoms with Crippen molar-refractivity contribution in [2.45, 2.75) is 46.3 Å². The first-order valence-corrected chi connectivity index (χ1v) is 9.94. The molecule has 2 rings (SSSR count). The first-order chi connectivity index (χ1) is 12.6. The first-order valence-electron chi connectivity index (χ1n) is 9.06. The third kappa shape index (κ3) is 6.52. The highest BCUT2D eigenvalue weighted by Crippen LogP contribution is 2.09. The molecule has 6 heteroatoms. The zero-order valence-electron chi connectivity index (χ0n) is 15.7. The van der Waals surface area contributed by atoms with Gasteiger partial charge in [-0.1, -0.05) is 25.1 Å². The van der Waals surface area contributed by atoms with Crippen molar-refractivity contribution in [1.29, 1.82) is 0 Å². The molecule has 1 heterocycles. The molecule has 0 aliphatic heterocycles. The maximum absolute atomic E-state index is 12.3. The van der Waals surface area contributed by atoms with Gasteiger partial charge in [-0.15, -0.1) is 11.3 Å². The fourth-order valence-corrected chi connectivity index (χ4v) is 2.96. The second-order valence-electron chi connectivity index (χ2n) is 6.11. The highest BCUT2D eigenvalue weighted by Gasteiger charge is 2.09. The third-order valence-corrected chi connectivity index (χ3v) is 4.83. The number of nitrogens with zero attached hydrogens (tertiary/aromatic N) is 1. The molecule has 1 atom stereocenters. The molecule has 0 saturated heterocycles. The molecule has 0 spiro atoms. The molecule has 1 unspecified atom stereocenters. The second kappa shape index (κ2) is 10.6. The van der Waals surface area contributed by atoms with Crippen molar-refractivity contribution in [1.82, 2.24) is 16.0 Å². The lowest BCUT2D eigenvalue weighted by Crippen LogP contribution is -2.36. The minimum atomic E-state index is -0.0343. The van der Waals surface area contributed by atoms with Gasteiger partial charge in [-0.3, -0.25) is 4.79 Å². The molecule has 3 N–H and O–H groups in total. The number of carbonyl (C=O) groups is 1. The topological polar surface area (TPSA) is 65.5 Å². The molecule has 0 aliphatic rings. The maximum Gasteiger partial charge on any atom is 0.251 e. The molecule has 0 saturated carbocycles. The summed E-state index contributed by atoms with van der Waals surface area (Å²) in [5, 5.41) is 11.6. The van der Waals surface area contributed by atoms with Gasteiger partial charge in [0, 0.05) is 23.0 Å².